The van der Waals surface area contributed by atoms with Crippen LogP contribution in [-0.4, -0.2) is 68.4 Å². The highest BCUT2D eigenvalue weighted by Crippen LogP contribution is 1.98. The van der Waals surface area contributed by atoms with Crippen molar-refractivity contribution in [2.75, 3.05) is 12.4 Å². The number of aliphatic carboxylic acids is 1. The van der Waals surface area contributed by atoms with Gasteiger partial charge in [0, 0.05) is 18.4 Å². The van der Waals surface area contributed by atoms with Crippen molar-refractivity contribution in [2.24, 2.45) is 5.73 Å². The van der Waals surface area contributed by atoms with Crippen LogP contribution in [0.2, 0.25) is 0 Å². The van der Waals surface area contributed by atoms with E-state index < -0.39 is 42.5 Å². The van der Waals surface area contributed by atoms with Crippen LogP contribution in [0.3, 0.4) is 0 Å². The predicted octanol–water partition coefficient (Wildman–Crippen LogP) is -2.74. The molecule has 0 aromatic carbocycles. The lowest BCUT2D eigenvalue weighted by atomic mass is 10.1. The van der Waals surface area contributed by atoms with Gasteiger partial charge in [0.1, 0.15) is 12.1 Å². The van der Waals surface area contributed by atoms with Gasteiger partial charge in [-0.15, -0.1) is 0 Å². The molecule has 0 spiro atoms. The molecule has 11 heteroatoms. The summed E-state index contributed by atoms with van der Waals surface area (Å²) in [5, 5.41) is 22.1. The molecule has 0 radical (unpaired) electrons. The Morgan fingerprint density at radius 1 is 1.30 bits per heavy atom. The van der Waals surface area contributed by atoms with E-state index >= 15 is 0 Å². The zero-order valence-electron chi connectivity index (χ0n) is 12.1. The number of carboxylic acids is 1. The third-order valence-corrected chi connectivity index (χ3v) is 3.30. The number of thiol groups is 1. The maximum absolute atomic E-state index is 12.0. The highest BCUT2D eigenvalue weighted by Gasteiger charge is 2.26. The Bertz CT molecular complexity index is 538. The second kappa shape index (κ2) is 9.12. The number of nitrogens with zero attached hydrogens (tertiary/aromatic N) is 1. The number of nitrogens with two attached hydrogens (primary N) is 1. The number of H-pyrrole nitrogens is 1. The van der Waals surface area contributed by atoms with Crippen molar-refractivity contribution in [3.8, 4) is 0 Å². The highest BCUT2D eigenvalue weighted by atomic mass is 32.1. The lowest BCUT2D eigenvalue weighted by Gasteiger charge is -2.20. The van der Waals surface area contributed by atoms with Crippen molar-refractivity contribution in [2.45, 2.75) is 24.5 Å². The van der Waals surface area contributed by atoms with E-state index in [0.717, 1.165) is 0 Å². The molecule has 0 aliphatic rings. The Hall–Kier alpha value is -2.11. The third kappa shape index (κ3) is 5.88. The average Bonchev–Trinajstić information content (AvgIpc) is 3.02. The van der Waals surface area contributed by atoms with Gasteiger partial charge in [-0.2, -0.15) is 12.6 Å². The fraction of sp³-hybridized carbons (Fsp3) is 0.500. The highest BCUT2D eigenvalue weighted by molar-refractivity contribution is 7.80. The lowest BCUT2D eigenvalue weighted by Crippen LogP contribution is -2.56. The first kappa shape index (κ1) is 18.9. The van der Waals surface area contributed by atoms with Crippen molar-refractivity contribution < 1.29 is 24.6 Å². The van der Waals surface area contributed by atoms with Crippen molar-refractivity contribution in [1.82, 2.24) is 20.6 Å². The average molecular weight is 345 g/mol. The van der Waals surface area contributed by atoms with Gasteiger partial charge in [-0.05, 0) is 0 Å². The van der Waals surface area contributed by atoms with Gasteiger partial charge in [0.05, 0.1) is 24.7 Å². The third-order valence-electron chi connectivity index (χ3n) is 2.93. The van der Waals surface area contributed by atoms with Gasteiger partial charge in [-0.1, -0.05) is 0 Å². The minimum Gasteiger partial charge on any atom is -0.480 e. The topological polar surface area (TPSA) is 170 Å². The number of carbonyl (C=O) groups excluding carboxylic acids is 2. The van der Waals surface area contributed by atoms with Crippen LogP contribution in [0.5, 0.6) is 0 Å². The van der Waals surface area contributed by atoms with E-state index in [4.69, 9.17) is 15.9 Å². The summed E-state index contributed by atoms with van der Waals surface area (Å²) in [5.41, 5.74) is 6.32. The number of hydrogen-bond donors (Lipinski definition) is 7. The molecule has 1 aromatic heterocycles. The normalized spacial score (nSPS) is 14.6. The molecule has 2 amide bonds. The van der Waals surface area contributed by atoms with Crippen LogP contribution in [0.1, 0.15) is 5.69 Å². The Kier molecular flexibility index (Phi) is 7.51. The van der Waals surface area contributed by atoms with Crippen LogP contribution in [0.15, 0.2) is 12.5 Å². The molecule has 1 heterocycles. The standard InChI is InChI=1S/C12H19N5O5S/c13-7(1-6-2-14-5-15-6)10(19)17-9(4-23)11(20)16-8(3-18)12(21)22/h2,5,7-9,18,23H,1,3-4,13H2,(H,14,15)(H,16,20)(H,17,19)(H,21,22)/t7-,8-,9-/m0/s1. The lowest BCUT2D eigenvalue weighted by molar-refractivity contribution is -0.143. The van der Waals surface area contributed by atoms with Crippen LogP contribution in [0.25, 0.3) is 0 Å². The molecule has 0 saturated heterocycles. The number of carboxylic acid groups (broad SMARTS) is 1. The number of amides is 2. The van der Waals surface area contributed by atoms with Crippen LogP contribution < -0.4 is 16.4 Å². The summed E-state index contributed by atoms with van der Waals surface area (Å²) in [5.74, 6) is -2.83. The molecule has 23 heavy (non-hydrogen) atoms. The molecule has 0 aliphatic heterocycles. The molecule has 0 saturated carbocycles. The summed E-state index contributed by atoms with van der Waals surface area (Å²) < 4.78 is 0. The van der Waals surface area contributed by atoms with Crippen LogP contribution in [0, 0.1) is 0 Å². The first-order valence-corrected chi connectivity index (χ1v) is 7.30. The largest absolute Gasteiger partial charge is 0.480 e. The zero-order chi connectivity index (χ0) is 17.4. The second-order valence-corrected chi connectivity index (χ2v) is 5.06. The Morgan fingerprint density at radius 2 is 1.96 bits per heavy atom. The Labute approximate surface area is 137 Å². The molecule has 1 aromatic rings. The summed E-state index contributed by atoms with van der Waals surface area (Å²) in [6, 6.07) is -3.47. The minimum absolute atomic E-state index is 0.0650. The SMILES string of the molecule is N[C@@H](Cc1c[nH]cn1)C(=O)N[C@@H](CS)C(=O)N[C@@H](CO)C(=O)O. The molecule has 0 aliphatic carbocycles. The van der Waals surface area contributed by atoms with Crippen molar-refractivity contribution in [1.29, 1.82) is 0 Å². The number of aromatic nitrogens is 2. The molecule has 10 nitrogen and oxygen atoms in total. The first-order chi connectivity index (χ1) is 10.9. The van der Waals surface area contributed by atoms with E-state index in [9.17, 15) is 14.4 Å². The summed E-state index contributed by atoms with van der Waals surface area (Å²) in [6.45, 7) is -0.771. The van der Waals surface area contributed by atoms with Crippen molar-refractivity contribution in [3.63, 3.8) is 0 Å². The van der Waals surface area contributed by atoms with Crippen molar-refractivity contribution in [3.05, 3.63) is 18.2 Å². The van der Waals surface area contributed by atoms with Crippen LogP contribution in [-0.2, 0) is 20.8 Å². The summed E-state index contributed by atoms with van der Waals surface area (Å²) >= 11 is 3.95. The second-order valence-electron chi connectivity index (χ2n) is 4.70. The van der Waals surface area contributed by atoms with E-state index in [1.807, 2.05) is 0 Å². The van der Waals surface area contributed by atoms with Gasteiger partial charge in [0.15, 0.2) is 0 Å². The number of rotatable bonds is 9. The number of aromatic amines is 1. The number of aliphatic hydroxyl groups is 1. The number of imidazole rings is 1. The van der Waals surface area contributed by atoms with E-state index in [1.165, 1.54) is 6.33 Å². The Morgan fingerprint density at radius 3 is 2.43 bits per heavy atom. The molecule has 0 fully saturated rings. The molecule has 0 unspecified atom stereocenters. The molecule has 3 atom stereocenters. The molecule has 1 rings (SSSR count). The maximum atomic E-state index is 12.0. The number of nitrogens with one attached hydrogen (secondary N) is 3. The molecule has 128 valence electrons. The maximum Gasteiger partial charge on any atom is 0.328 e. The zero-order valence-corrected chi connectivity index (χ0v) is 13.0. The van der Waals surface area contributed by atoms with Gasteiger partial charge in [0.25, 0.3) is 0 Å². The summed E-state index contributed by atoms with van der Waals surface area (Å²) in [4.78, 5) is 41.3. The van der Waals surface area contributed by atoms with Gasteiger partial charge < -0.3 is 31.6 Å². The van der Waals surface area contributed by atoms with Gasteiger partial charge in [0.2, 0.25) is 11.8 Å². The van der Waals surface area contributed by atoms with Gasteiger partial charge in [-0.25, -0.2) is 9.78 Å². The fourth-order valence-electron chi connectivity index (χ4n) is 1.65. The summed E-state index contributed by atoms with van der Waals surface area (Å²) in [7, 11) is 0. The fourth-order valence-corrected chi connectivity index (χ4v) is 1.91. The predicted molar refractivity (Wildman–Crippen MR) is 82.7 cm³/mol. The quantitative estimate of drug-likeness (QED) is 0.238. The van der Waals surface area contributed by atoms with Crippen molar-refractivity contribution >= 4 is 30.4 Å². The number of hydrogen-bond acceptors (Lipinski definition) is 7. The summed E-state index contributed by atoms with van der Waals surface area (Å²) in [6.07, 6.45) is 3.21. The van der Waals surface area contributed by atoms with E-state index in [1.54, 1.807) is 6.20 Å². The number of carbonyl (C=O) groups is 3. The van der Waals surface area contributed by atoms with Gasteiger partial charge in [-0.3, -0.25) is 9.59 Å². The molecule has 0 bridgehead atoms. The van der Waals surface area contributed by atoms with Gasteiger partial charge >= 0.3 is 5.97 Å². The van der Waals surface area contributed by atoms with Crippen LogP contribution >= 0.6 is 12.6 Å². The first-order valence-electron chi connectivity index (χ1n) is 6.67. The molecular formula is C12H19N5O5S. The van der Waals surface area contributed by atoms with Crippen LogP contribution in [0.4, 0.5) is 0 Å². The monoisotopic (exact) mass is 345 g/mol. The minimum atomic E-state index is -1.46. The van der Waals surface area contributed by atoms with E-state index in [2.05, 4.69) is 33.2 Å². The molecule has 7 N–H and O–H groups in total. The molecular weight excluding hydrogens is 326 g/mol. The smallest absolute Gasteiger partial charge is 0.328 e. The van der Waals surface area contributed by atoms with E-state index in [-0.39, 0.29) is 12.2 Å². The van der Waals surface area contributed by atoms with E-state index in [0.29, 0.717) is 5.69 Å². The number of aliphatic hydroxyl groups excluding tert-OH is 1. The Balaban J connectivity index is 2.58.